The van der Waals surface area contributed by atoms with Crippen LogP contribution >= 0.6 is 0 Å². The first kappa shape index (κ1) is 19.7. The fourth-order valence-corrected chi connectivity index (χ4v) is 4.18. The summed E-state index contributed by atoms with van der Waals surface area (Å²) in [6, 6.07) is 1.88. The van der Waals surface area contributed by atoms with Gasteiger partial charge >= 0.3 is 0 Å². The van der Waals surface area contributed by atoms with E-state index in [-0.39, 0.29) is 5.95 Å². The number of nitrogens with two attached hydrogens (primary N) is 1. The van der Waals surface area contributed by atoms with Crippen LogP contribution in [0.3, 0.4) is 0 Å². The molecule has 156 valence electrons. The average molecular weight is 420 g/mol. The second-order valence-corrected chi connectivity index (χ2v) is 8.97. The lowest BCUT2D eigenvalue weighted by atomic mass is 10.2. The molecule has 2 aromatic rings. The van der Waals surface area contributed by atoms with E-state index in [1.54, 1.807) is 12.4 Å². The first-order chi connectivity index (χ1) is 13.9. The van der Waals surface area contributed by atoms with Crippen LogP contribution in [0.2, 0.25) is 0 Å². The fraction of sp³-hybridized carbons (Fsp3) is 0.529. The van der Waals surface area contributed by atoms with Crippen LogP contribution < -0.4 is 15.5 Å². The highest BCUT2D eigenvalue weighted by Gasteiger charge is 2.25. The summed E-state index contributed by atoms with van der Waals surface area (Å²) in [6.07, 6.45) is 4.52. The lowest BCUT2D eigenvalue weighted by molar-refractivity contribution is 0.122. The Labute approximate surface area is 169 Å². The second kappa shape index (κ2) is 8.05. The van der Waals surface area contributed by atoms with E-state index < -0.39 is 10.0 Å². The molecule has 2 fully saturated rings. The molecule has 0 bridgehead atoms. The molecule has 2 aliphatic rings. The van der Waals surface area contributed by atoms with E-state index in [2.05, 4.69) is 19.8 Å². The van der Waals surface area contributed by atoms with Gasteiger partial charge in [-0.05, 0) is 0 Å². The first-order valence-electron chi connectivity index (χ1n) is 9.40. The standard InChI is InChI=1S/C17H24N8O3S/c1-29(26,27)25-4-2-23(3-5-25)15-10-14(13-11-19-16(18)20-12-13)21-17(22-15)24-6-8-28-9-7-24/h10-12H,2-9H2,1H3,(H2,18,19,20). The van der Waals surface area contributed by atoms with Crippen LogP contribution in [0, 0.1) is 0 Å². The monoisotopic (exact) mass is 420 g/mol. The molecular formula is C17H24N8O3S. The van der Waals surface area contributed by atoms with Crippen LogP contribution in [0.15, 0.2) is 18.5 Å². The van der Waals surface area contributed by atoms with Gasteiger partial charge < -0.3 is 20.3 Å². The molecule has 0 aromatic carbocycles. The maximum absolute atomic E-state index is 11.8. The number of anilines is 3. The van der Waals surface area contributed by atoms with Crippen molar-refractivity contribution in [1.82, 2.24) is 24.2 Å². The van der Waals surface area contributed by atoms with Gasteiger partial charge in [0.1, 0.15) is 5.82 Å². The van der Waals surface area contributed by atoms with Crippen LogP contribution in [0.25, 0.3) is 11.3 Å². The summed E-state index contributed by atoms with van der Waals surface area (Å²) >= 11 is 0. The third kappa shape index (κ3) is 4.54. The minimum atomic E-state index is -3.19. The molecular weight excluding hydrogens is 396 g/mol. The molecule has 12 heteroatoms. The maximum Gasteiger partial charge on any atom is 0.228 e. The van der Waals surface area contributed by atoms with Gasteiger partial charge in [0.15, 0.2) is 0 Å². The molecule has 2 aromatic heterocycles. The number of rotatable bonds is 4. The molecule has 0 saturated carbocycles. The molecule has 2 aliphatic heterocycles. The summed E-state index contributed by atoms with van der Waals surface area (Å²) in [5, 5.41) is 0. The second-order valence-electron chi connectivity index (χ2n) is 6.99. The van der Waals surface area contributed by atoms with Crippen LogP contribution in [0.4, 0.5) is 17.7 Å². The summed E-state index contributed by atoms with van der Waals surface area (Å²) in [5.74, 6) is 1.57. The third-order valence-electron chi connectivity index (χ3n) is 4.99. The molecule has 0 spiro atoms. The number of piperazine rings is 1. The molecule has 2 saturated heterocycles. The van der Waals surface area contributed by atoms with Crippen molar-refractivity contribution in [2.45, 2.75) is 0 Å². The van der Waals surface area contributed by atoms with E-state index in [0.29, 0.717) is 64.1 Å². The number of hydrogen-bond acceptors (Lipinski definition) is 10. The van der Waals surface area contributed by atoms with Crippen molar-refractivity contribution < 1.29 is 13.2 Å². The van der Waals surface area contributed by atoms with Gasteiger partial charge in [-0.25, -0.2) is 23.4 Å². The number of nitrogens with zero attached hydrogens (tertiary/aromatic N) is 7. The average Bonchev–Trinajstić information content (AvgIpc) is 2.74. The van der Waals surface area contributed by atoms with Gasteiger partial charge in [0.25, 0.3) is 0 Å². The molecule has 4 rings (SSSR count). The van der Waals surface area contributed by atoms with Crippen molar-refractivity contribution >= 4 is 27.7 Å². The Morgan fingerprint density at radius 1 is 0.966 bits per heavy atom. The summed E-state index contributed by atoms with van der Waals surface area (Å²) in [6.45, 7) is 4.65. The van der Waals surface area contributed by atoms with Crippen LogP contribution in [-0.2, 0) is 14.8 Å². The highest BCUT2D eigenvalue weighted by molar-refractivity contribution is 7.88. The number of hydrogen-bond donors (Lipinski definition) is 1. The van der Waals surface area contributed by atoms with Gasteiger partial charge in [-0.3, -0.25) is 0 Å². The minimum Gasteiger partial charge on any atom is -0.378 e. The van der Waals surface area contributed by atoms with E-state index in [1.165, 1.54) is 10.6 Å². The van der Waals surface area contributed by atoms with Crippen LogP contribution in [0.1, 0.15) is 0 Å². The number of sulfonamides is 1. The molecule has 0 aliphatic carbocycles. The Kier molecular flexibility index (Phi) is 5.48. The molecule has 11 nitrogen and oxygen atoms in total. The highest BCUT2D eigenvalue weighted by atomic mass is 32.2. The molecule has 4 heterocycles. The molecule has 2 N–H and O–H groups in total. The largest absolute Gasteiger partial charge is 0.378 e. The van der Waals surface area contributed by atoms with Gasteiger partial charge in [0.05, 0.1) is 25.2 Å². The summed E-state index contributed by atoms with van der Waals surface area (Å²) in [7, 11) is -3.19. The summed E-state index contributed by atoms with van der Waals surface area (Å²) in [5.41, 5.74) is 7.05. The molecule has 0 atom stereocenters. The molecule has 29 heavy (non-hydrogen) atoms. The predicted molar refractivity (Wildman–Crippen MR) is 109 cm³/mol. The SMILES string of the molecule is CS(=O)(=O)N1CCN(c2cc(-c3cnc(N)nc3)nc(N3CCOCC3)n2)CC1. The van der Waals surface area contributed by atoms with Crippen molar-refractivity contribution in [3.8, 4) is 11.3 Å². The van der Waals surface area contributed by atoms with Gasteiger partial charge in [-0.2, -0.15) is 9.29 Å². The summed E-state index contributed by atoms with van der Waals surface area (Å²) < 4.78 is 30.5. The van der Waals surface area contributed by atoms with Crippen molar-refractivity contribution in [2.24, 2.45) is 0 Å². The van der Waals surface area contributed by atoms with Gasteiger partial charge in [0.2, 0.25) is 21.9 Å². The summed E-state index contributed by atoms with van der Waals surface area (Å²) in [4.78, 5) is 21.8. The Morgan fingerprint density at radius 3 is 2.24 bits per heavy atom. The van der Waals surface area contributed by atoms with E-state index in [1.807, 2.05) is 6.07 Å². The van der Waals surface area contributed by atoms with Crippen molar-refractivity contribution in [1.29, 1.82) is 0 Å². The smallest absolute Gasteiger partial charge is 0.228 e. The molecule has 0 radical (unpaired) electrons. The van der Waals surface area contributed by atoms with E-state index >= 15 is 0 Å². The number of nitrogen functional groups attached to an aromatic ring is 1. The van der Waals surface area contributed by atoms with Crippen molar-refractivity contribution in [3.05, 3.63) is 18.5 Å². The third-order valence-corrected chi connectivity index (χ3v) is 6.30. The number of morpholine rings is 1. The minimum absolute atomic E-state index is 0.202. The molecule has 0 unspecified atom stereocenters. The quantitative estimate of drug-likeness (QED) is 0.686. The highest BCUT2D eigenvalue weighted by Crippen LogP contribution is 2.26. The Bertz CT molecular complexity index is 955. The van der Waals surface area contributed by atoms with E-state index in [9.17, 15) is 8.42 Å². The predicted octanol–water partition coefficient (Wildman–Crippen LogP) is -0.566. The first-order valence-corrected chi connectivity index (χ1v) is 11.2. The Balaban J connectivity index is 1.65. The zero-order valence-electron chi connectivity index (χ0n) is 16.2. The Hall–Kier alpha value is -2.57. The lowest BCUT2D eigenvalue weighted by Crippen LogP contribution is -2.48. The van der Waals surface area contributed by atoms with Gasteiger partial charge in [-0.15, -0.1) is 0 Å². The van der Waals surface area contributed by atoms with Crippen LogP contribution in [-0.4, -0.2) is 91.4 Å². The van der Waals surface area contributed by atoms with Crippen molar-refractivity contribution in [2.75, 3.05) is 74.3 Å². The number of ether oxygens (including phenoxy) is 1. The fourth-order valence-electron chi connectivity index (χ4n) is 3.36. The van der Waals surface area contributed by atoms with E-state index in [0.717, 1.165) is 11.4 Å². The molecule has 0 amide bonds. The lowest BCUT2D eigenvalue weighted by Gasteiger charge is -2.35. The van der Waals surface area contributed by atoms with Crippen molar-refractivity contribution in [3.63, 3.8) is 0 Å². The topological polar surface area (TPSA) is 131 Å². The zero-order chi connectivity index (χ0) is 20.4. The normalized spacial score (nSPS) is 18.8. The van der Waals surface area contributed by atoms with Gasteiger partial charge in [0, 0.05) is 63.3 Å². The zero-order valence-corrected chi connectivity index (χ0v) is 17.0. The van der Waals surface area contributed by atoms with Gasteiger partial charge in [-0.1, -0.05) is 0 Å². The van der Waals surface area contributed by atoms with E-state index in [4.69, 9.17) is 20.4 Å². The van der Waals surface area contributed by atoms with Crippen LogP contribution in [0.5, 0.6) is 0 Å². The Morgan fingerprint density at radius 2 is 1.62 bits per heavy atom. The number of aromatic nitrogens is 4. The maximum atomic E-state index is 11.8.